The number of anilines is 12. The first-order valence-electron chi connectivity index (χ1n) is 41.1. The summed E-state index contributed by atoms with van der Waals surface area (Å²) in [6.07, 6.45) is 18.0. The first-order chi connectivity index (χ1) is 61.9. The minimum atomic E-state index is -0.0296. The van der Waals surface area contributed by atoms with Crippen molar-refractivity contribution in [1.82, 2.24) is 0 Å². The molecule has 2 N–H and O–H groups in total. The van der Waals surface area contributed by atoms with E-state index in [0.29, 0.717) is 0 Å². The van der Waals surface area contributed by atoms with Crippen LogP contribution in [-0.4, -0.2) is 52.9 Å². The Hall–Kier alpha value is -14.5. The summed E-state index contributed by atoms with van der Waals surface area (Å²) < 4.78 is 33.3. The summed E-state index contributed by atoms with van der Waals surface area (Å²) in [6, 6.07) is 122. The Morgan fingerprint density at radius 2 is 0.357 bits per heavy atom. The van der Waals surface area contributed by atoms with Gasteiger partial charge in [-0.05, 0) is 359 Å². The van der Waals surface area contributed by atoms with Gasteiger partial charge in [0.2, 0.25) is 0 Å². The summed E-state index contributed by atoms with van der Waals surface area (Å²) >= 11 is 7.02. The van der Waals surface area contributed by atoms with Gasteiger partial charge in [-0.1, -0.05) is 97.1 Å². The minimum Gasteiger partial charge on any atom is -0.497 e. The maximum Gasteiger partial charge on any atom is 0.119 e. The number of ether oxygens (including phenoxy) is 6. The Morgan fingerprint density at radius 1 is 0.198 bits per heavy atom. The Kier molecular flexibility index (Phi) is 26.2. The van der Waals surface area contributed by atoms with Crippen molar-refractivity contribution in [2.75, 3.05) is 62.3 Å². The van der Waals surface area contributed by atoms with E-state index in [0.717, 1.165) is 197 Å². The molecule has 0 fully saturated rings. The average molecular weight is 1720 g/mol. The molecule has 0 saturated heterocycles. The molecule has 126 heavy (non-hydrogen) atoms. The highest BCUT2D eigenvalue weighted by atomic mass is 32.1. The monoisotopic (exact) mass is 1720 g/mol. The Balaban J connectivity index is 0.722. The van der Waals surface area contributed by atoms with Crippen LogP contribution in [0, 0.1) is 0 Å². The van der Waals surface area contributed by atoms with Crippen LogP contribution in [0.5, 0.6) is 34.5 Å². The van der Waals surface area contributed by atoms with Gasteiger partial charge in [0.1, 0.15) is 34.5 Å². The van der Waals surface area contributed by atoms with Crippen molar-refractivity contribution < 1.29 is 38.6 Å². The summed E-state index contributed by atoms with van der Waals surface area (Å²) in [5.74, 6) is 4.72. The molecule has 13 aromatic carbocycles. The highest BCUT2D eigenvalue weighted by molar-refractivity contribution is 7.17. The summed E-state index contributed by atoms with van der Waals surface area (Å²) in [5, 5.41) is 19.9. The zero-order chi connectivity index (χ0) is 86.2. The van der Waals surface area contributed by atoms with Crippen molar-refractivity contribution in [3.63, 3.8) is 0 Å². The van der Waals surface area contributed by atoms with E-state index in [-0.39, 0.29) is 13.2 Å². The van der Waals surface area contributed by atoms with Crippen molar-refractivity contribution in [1.29, 1.82) is 0 Å². The summed E-state index contributed by atoms with van der Waals surface area (Å²) in [5.41, 5.74) is 22.3. The first-order valence-corrected chi connectivity index (χ1v) is 44.4. The lowest BCUT2D eigenvalue weighted by molar-refractivity contribution is 0.281. The van der Waals surface area contributed by atoms with Gasteiger partial charge in [-0.25, -0.2) is 0 Å². The molecule has 0 atom stereocenters. The summed E-state index contributed by atoms with van der Waals surface area (Å²) in [6.45, 7) is -0.0591. The maximum atomic E-state index is 9.94. The molecule has 0 saturated carbocycles. The number of benzene rings is 13. The van der Waals surface area contributed by atoms with Crippen molar-refractivity contribution in [2.24, 2.45) is 0 Å². The largest absolute Gasteiger partial charge is 0.497 e. The highest BCUT2D eigenvalue weighted by Crippen LogP contribution is 2.45. The minimum absolute atomic E-state index is 0.0296. The van der Waals surface area contributed by atoms with Crippen molar-refractivity contribution in [2.45, 2.75) is 13.2 Å². The molecular formula is C110H90N4O8S4. The molecule has 0 aliphatic carbocycles. The van der Waals surface area contributed by atoms with Crippen LogP contribution in [0.4, 0.5) is 68.2 Å². The second-order valence-corrected chi connectivity index (χ2v) is 34.1. The third kappa shape index (κ3) is 19.5. The van der Waals surface area contributed by atoms with Gasteiger partial charge >= 0.3 is 0 Å². The summed E-state index contributed by atoms with van der Waals surface area (Å²) in [7, 11) is 10.1. The third-order valence-electron chi connectivity index (χ3n) is 21.9. The van der Waals surface area contributed by atoms with Gasteiger partial charge < -0.3 is 58.2 Å². The molecule has 12 nitrogen and oxygen atoms in total. The molecular weight excluding hydrogens is 1630 g/mol. The lowest BCUT2D eigenvalue weighted by Gasteiger charge is -2.26. The van der Waals surface area contributed by atoms with E-state index < -0.39 is 0 Å². The van der Waals surface area contributed by atoms with Crippen LogP contribution in [-0.2, 0) is 13.2 Å². The fraction of sp³-hybridized carbons (Fsp3) is 0.0727. The molecule has 0 aliphatic rings. The Bertz CT molecular complexity index is 5630. The Morgan fingerprint density at radius 3 is 0.516 bits per heavy atom. The van der Waals surface area contributed by atoms with Crippen molar-refractivity contribution in [3.8, 4) is 76.3 Å². The molecule has 0 radical (unpaired) electrons. The smallest absolute Gasteiger partial charge is 0.119 e. The van der Waals surface area contributed by atoms with Gasteiger partial charge in [-0.3, -0.25) is 0 Å². The quantitative estimate of drug-likeness (QED) is 0.0419. The van der Waals surface area contributed by atoms with E-state index in [2.05, 4.69) is 299 Å². The second-order valence-electron chi connectivity index (χ2n) is 29.6. The number of hydrogen-bond donors (Lipinski definition) is 2. The molecule has 0 spiro atoms. The van der Waals surface area contributed by atoms with Crippen LogP contribution in [0.3, 0.4) is 0 Å². The number of rotatable bonds is 32. The average Bonchev–Trinajstić information content (AvgIpc) is 0.942. The zero-order valence-electron chi connectivity index (χ0n) is 70.3. The number of nitrogens with zero attached hydrogens (tertiary/aromatic N) is 4. The molecule has 16 heteroatoms. The van der Waals surface area contributed by atoms with Crippen LogP contribution >= 0.6 is 45.3 Å². The standard InChI is InChI=1S/C110H90N4O8S4/c1-117-97-47-35-91(36-48-97)111(85-23-7-75(73-115)8-24-85)87-27-11-77(12-28-87)107-67-63-103(123-107)59-19-81-71-83(21-61-105-65-69-109(125-105)79-15-31-89(32-16-79)113(93-39-51-99(119-3)52-40-93)94-41-53-100(120-4)54-42-94)84(22-62-106-66-70-110(126-106)80-17-33-90(34-18-80)114(95-43-55-101(121-5)56-44-95)96-45-57-102(122-6)58-46-96)72-82(81)20-60-104-64-68-108(124-104)78-13-29-88(30-14-78)112(86-25-9-76(74-116)10-26-86)92-37-49-98(118-2)50-38-92/h7-72,115-116H,73-74H2,1-6H3/b59-19+,60-20+,61-21+,62-22+. The first kappa shape index (κ1) is 83.8. The normalized spacial score (nSPS) is 11.4. The van der Waals surface area contributed by atoms with Crippen molar-refractivity contribution >= 4 is 162 Å². The fourth-order valence-corrected chi connectivity index (χ4v) is 18.8. The molecule has 0 unspecified atom stereocenters. The molecule has 4 aromatic heterocycles. The van der Waals surface area contributed by atoms with E-state index in [1.165, 1.54) is 0 Å². The molecule has 17 rings (SSSR count). The number of methoxy groups -OCH3 is 6. The fourth-order valence-electron chi connectivity index (χ4n) is 15.1. The van der Waals surface area contributed by atoms with E-state index in [4.69, 9.17) is 28.4 Å². The van der Waals surface area contributed by atoms with Gasteiger partial charge in [0.25, 0.3) is 0 Å². The van der Waals surface area contributed by atoms with Gasteiger partial charge in [-0.15, -0.1) is 45.3 Å². The molecule has 17 aromatic rings. The predicted molar refractivity (Wildman–Crippen MR) is 531 cm³/mol. The van der Waals surface area contributed by atoms with Gasteiger partial charge in [0.05, 0.1) is 55.9 Å². The SMILES string of the molecule is COc1ccc(N(c2ccc(CO)cc2)c2ccc(-c3ccc(/C=C/c4cc(/C=C/c5ccc(-c6ccc(N(c7ccc(OC)cc7)c7ccc(OC)cc7)cc6)s5)c(/C=C/c5ccc(-c6ccc(N(c7ccc(OC)cc7)c7ccc(OC)cc7)cc6)s5)cc4/C=C/c4ccc(-c5ccc(N(c6ccc(CO)cc6)c6ccc(OC)cc6)cc5)s4)s3)cc2)cc1. The van der Waals surface area contributed by atoms with E-state index in [1.807, 2.05) is 121 Å². The maximum absolute atomic E-state index is 9.94. The van der Waals surface area contributed by atoms with E-state index in [1.54, 1.807) is 88.0 Å². The topological polar surface area (TPSA) is 109 Å². The number of aliphatic hydroxyl groups is 2. The lowest BCUT2D eigenvalue weighted by Crippen LogP contribution is -2.09. The molecule has 0 amide bonds. The van der Waals surface area contributed by atoms with E-state index >= 15 is 0 Å². The van der Waals surface area contributed by atoms with Gasteiger partial charge in [0, 0.05) is 107 Å². The van der Waals surface area contributed by atoms with Crippen LogP contribution in [0.1, 0.15) is 52.9 Å². The molecule has 4 heterocycles. The predicted octanol–water partition coefficient (Wildman–Crippen LogP) is 30.2. The van der Waals surface area contributed by atoms with Crippen LogP contribution in [0.25, 0.3) is 90.4 Å². The lowest BCUT2D eigenvalue weighted by atomic mass is 9.96. The highest BCUT2D eigenvalue weighted by Gasteiger charge is 2.21. The van der Waals surface area contributed by atoms with E-state index in [9.17, 15) is 10.2 Å². The zero-order valence-corrected chi connectivity index (χ0v) is 73.6. The number of thiophene rings is 4. The molecule has 0 bridgehead atoms. The molecule has 622 valence electrons. The molecule has 0 aliphatic heterocycles. The van der Waals surface area contributed by atoms with Crippen molar-refractivity contribution in [3.05, 3.63) is 405 Å². The van der Waals surface area contributed by atoms with Gasteiger partial charge in [-0.2, -0.15) is 0 Å². The third-order valence-corrected chi connectivity index (χ3v) is 26.3. The second kappa shape index (κ2) is 39.4. The van der Waals surface area contributed by atoms with Crippen LogP contribution in [0.2, 0.25) is 0 Å². The van der Waals surface area contributed by atoms with Crippen LogP contribution < -0.4 is 48.0 Å². The van der Waals surface area contributed by atoms with Crippen LogP contribution in [0.15, 0.2) is 352 Å². The Labute approximate surface area is 751 Å². The number of aliphatic hydroxyl groups excluding tert-OH is 2. The van der Waals surface area contributed by atoms with Gasteiger partial charge in [0.15, 0.2) is 0 Å². The number of hydrogen-bond acceptors (Lipinski definition) is 16. The summed E-state index contributed by atoms with van der Waals surface area (Å²) in [4.78, 5) is 17.9.